The number of hydrogen-bond donors (Lipinski definition) is 1. The van der Waals surface area contributed by atoms with Gasteiger partial charge in [-0.3, -0.25) is 0 Å². The number of ether oxygens (including phenoxy) is 1. The zero-order valence-electron chi connectivity index (χ0n) is 11.9. The molecule has 3 nitrogen and oxygen atoms in total. The summed E-state index contributed by atoms with van der Waals surface area (Å²) in [5, 5.41) is 3.67. The maximum Gasteiger partial charge on any atom is 0.120 e. The summed E-state index contributed by atoms with van der Waals surface area (Å²) in [5.74, 6) is 1.01. The van der Waals surface area contributed by atoms with Gasteiger partial charge < -0.3 is 14.5 Å². The molecule has 0 spiro atoms. The zero-order valence-corrected chi connectivity index (χ0v) is 11.9. The molecule has 2 rings (SSSR count). The van der Waals surface area contributed by atoms with E-state index in [2.05, 4.69) is 33.0 Å². The van der Waals surface area contributed by atoms with E-state index in [0.717, 1.165) is 25.2 Å². The highest BCUT2D eigenvalue weighted by molar-refractivity contribution is 5.09. The Morgan fingerprint density at radius 3 is 2.89 bits per heavy atom. The van der Waals surface area contributed by atoms with Crippen molar-refractivity contribution in [2.75, 3.05) is 6.61 Å². The van der Waals surface area contributed by atoms with E-state index in [1.807, 2.05) is 12.1 Å². The Balaban J connectivity index is 1.95. The standard InChI is InChI=1S/C15H25NO2/c1-5-15(4)13(10-14(15)17-6-2)16-11(3)12-8-7-9-18-12/h7-9,11,13-14,16H,5-6,10H2,1-4H3/t11-,13?,14?,15?/m1/s1. The monoisotopic (exact) mass is 251 g/mol. The largest absolute Gasteiger partial charge is 0.468 e. The van der Waals surface area contributed by atoms with Crippen molar-refractivity contribution in [2.24, 2.45) is 5.41 Å². The van der Waals surface area contributed by atoms with Crippen molar-refractivity contribution >= 4 is 0 Å². The summed E-state index contributed by atoms with van der Waals surface area (Å²) >= 11 is 0. The Labute approximate surface area is 110 Å². The van der Waals surface area contributed by atoms with Gasteiger partial charge in [-0.15, -0.1) is 0 Å². The Morgan fingerprint density at radius 1 is 1.56 bits per heavy atom. The third-order valence-electron chi connectivity index (χ3n) is 4.53. The van der Waals surface area contributed by atoms with Crippen LogP contribution in [0.3, 0.4) is 0 Å². The van der Waals surface area contributed by atoms with Gasteiger partial charge in [-0.05, 0) is 38.8 Å². The molecule has 1 aliphatic rings. The first-order valence-corrected chi connectivity index (χ1v) is 7.02. The maximum absolute atomic E-state index is 5.82. The van der Waals surface area contributed by atoms with Crippen molar-refractivity contribution in [1.29, 1.82) is 0 Å². The molecule has 0 saturated heterocycles. The second-order valence-corrected chi connectivity index (χ2v) is 5.50. The topological polar surface area (TPSA) is 34.4 Å². The summed E-state index contributed by atoms with van der Waals surface area (Å²) < 4.78 is 11.3. The summed E-state index contributed by atoms with van der Waals surface area (Å²) in [6.45, 7) is 9.60. The minimum atomic E-state index is 0.247. The first-order chi connectivity index (χ1) is 8.61. The predicted octanol–water partition coefficient (Wildman–Crippen LogP) is 3.52. The van der Waals surface area contributed by atoms with E-state index in [0.29, 0.717) is 12.1 Å². The van der Waals surface area contributed by atoms with Gasteiger partial charge in [-0.25, -0.2) is 0 Å². The lowest BCUT2D eigenvalue weighted by Crippen LogP contribution is -2.62. The minimum absolute atomic E-state index is 0.247. The van der Waals surface area contributed by atoms with Crippen molar-refractivity contribution in [3.63, 3.8) is 0 Å². The van der Waals surface area contributed by atoms with Crippen LogP contribution in [0.1, 0.15) is 52.3 Å². The molecule has 1 aromatic heterocycles. The second-order valence-electron chi connectivity index (χ2n) is 5.50. The first-order valence-electron chi connectivity index (χ1n) is 7.02. The quantitative estimate of drug-likeness (QED) is 0.840. The molecule has 3 unspecified atom stereocenters. The fraction of sp³-hybridized carbons (Fsp3) is 0.733. The van der Waals surface area contributed by atoms with Crippen LogP contribution in [0.5, 0.6) is 0 Å². The highest BCUT2D eigenvalue weighted by Gasteiger charge is 2.51. The molecule has 3 heteroatoms. The van der Waals surface area contributed by atoms with Gasteiger partial charge in [0.2, 0.25) is 0 Å². The van der Waals surface area contributed by atoms with Gasteiger partial charge in [0.15, 0.2) is 0 Å². The summed E-state index contributed by atoms with van der Waals surface area (Å²) in [4.78, 5) is 0. The van der Waals surface area contributed by atoms with Crippen LogP contribution in [0.4, 0.5) is 0 Å². The molecular weight excluding hydrogens is 226 g/mol. The molecule has 102 valence electrons. The van der Waals surface area contributed by atoms with Gasteiger partial charge in [0.25, 0.3) is 0 Å². The highest BCUT2D eigenvalue weighted by Crippen LogP contribution is 2.46. The van der Waals surface area contributed by atoms with Crippen molar-refractivity contribution < 1.29 is 9.15 Å². The summed E-state index contributed by atoms with van der Waals surface area (Å²) in [5.41, 5.74) is 0.247. The molecule has 0 radical (unpaired) electrons. The average Bonchev–Trinajstić information content (AvgIpc) is 2.90. The van der Waals surface area contributed by atoms with E-state index in [4.69, 9.17) is 9.15 Å². The van der Waals surface area contributed by atoms with Crippen molar-refractivity contribution in [2.45, 2.75) is 58.7 Å². The van der Waals surface area contributed by atoms with Crippen molar-refractivity contribution in [1.82, 2.24) is 5.32 Å². The van der Waals surface area contributed by atoms with E-state index in [1.165, 1.54) is 0 Å². The van der Waals surface area contributed by atoms with Crippen molar-refractivity contribution in [3.05, 3.63) is 24.2 Å². The van der Waals surface area contributed by atoms with Gasteiger partial charge in [0.05, 0.1) is 18.4 Å². The Kier molecular flexibility index (Phi) is 4.13. The minimum Gasteiger partial charge on any atom is -0.468 e. The van der Waals surface area contributed by atoms with Gasteiger partial charge in [-0.2, -0.15) is 0 Å². The van der Waals surface area contributed by atoms with Gasteiger partial charge in [0, 0.05) is 18.1 Å². The van der Waals surface area contributed by atoms with Crippen LogP contribution in [-0.4, -0.2) is 18.8 Å². The van der Waals surface area contributed by atoms with E-state index in [9.17, 15) is 0 Å². The van der Waals surface area contributed by atoms with Gasteiger partial charge >= 0.3 is 0 Å². The molecule has 1 heterocycles. The molecule has 1 aliphatic carbocycles. The molecule has 1 fully saturated rings. The van der Waals surface area contributed by atoms with Crippen LogP contribution in [0.25, 0.3) is 0 Å². The SMILES string of the molecule is CCOC1CC(N[C@H](C)c2ccco2)C1(C)CC. The average molecular weight is 251 g/mol. The Morgan fingerprint density at radius 2 is 2.33 bits per heavy atom. The van der Waals surface area contributed by atoms with E-state index >= 15 is 0 Å². The Hall–Kier alpha value is -0.800. The summed E-state index contributed by atoms with van der Waals surface area (Å²) in [6.07, 6.45) is 4.37. The fourth-order valence-electron chi connectivity index (χ4n) is 2.93. The lowest BCUT2D eigenvalue weighted by molar-refractivity contribution is -0.128. The van der Waals surface area contributed by atoms with Crippen LogP contribution >= 0.6 is 0 Å². The fourth-order valence-corrected chi connectivity index (χ4v) is 2.93. The van der Waals surface area contributed by atoms with Crippen LogP contribution in [0, 0.1) is 5.41 Å². The normalized spacial score (nSPS) is 33.1. The van der Waals surface area contributed by atoms with Crippen LogP contribution < -0.4 is 5.32 Å². The third kappa shape index (κ3) is 2.34. The third-order valence-corrected chi connectivity index (χ3v) is 4.53. The lowest BCUT2D eigenvalue weighted by atomic mass is 9.61. The Bertz CT molecular complexity index is 363. The van der Waals surface area contributed by atoms with Crippen LogP contribution in [0.2, 0.25) is 0 Å². The molecule has 18 heavy (non-hydrogen) atoms. The molecule has 1 saturated carbocycles. The molecule has 0 aromatic carbocycles. The maximum atomic E-state index is 5.82. The molecule has 0 aliphatic heterocycles. The number of rotatable bonds is 6. The number of hydrogen-bond acceptors (Lipinski definition) is 3. The van der Waals surface area contributed by atoms with Gasteiger partial charge in [-0.1, -0.05) is 13.8 Å². The zero-order chi connectivity index (χ0) is 13.2. The van der Waals surface area contributed by atoms with E-state index < -0.39 is 0 Å². The van der Waals surface area contributed by atoms with Crippen LogP contribution in [-0.2, 0) is 4.74 Å². The number of furan rings is 1. The number of nitrogens with one attached hydrogen (secondary N) is 1. The predicted molar refractivity (Wildman–Crippen MR) is 72.5 cm³/mol. The van der Waals surface area contributed by atoms with Gasteiger partial charge in [0.1, 0.15) is 5.76 Å². The van der Waals surface area contributed by atoms with E-state index in [-0.39, 0.29) is 11.5 Å². The molecule has 0 amide bonds. The second kappa shape index (κ2) is 5.45. The molecule has 4 atom stereocenters. The molecule has 0 bridgehead atoms. The summed E-state index contributed by atoms with van der Waals surface area (Å²) in [7, 11) is 0. The first kappa shape index (κ1) is 13.6. The highest BCUT2D eigenvalue weighted by atomic mass is 16.5. The van der Waals surface area contributed by atoms with E-state index in [1.54, 1.807) is 6.26 Å². The molecule has 1 N–H and O–H groups in total. The lowest BCUT2D eigenvalue weighted by Gasteiger charge is -2.54. The molecule has 1 aromatic rings. The summed E-state index contributed by atoms with van der Waals surface area (Å²) in [6, 6.07) is 4.74. The van der Waals surface area contributed by atoms with Crippen LogP contribution in [0.15, 0.2) is 22.8 Å². The van der Waals surface area contributed by atoms with Crippen molar-refractivity contribution in [3.8, 4) is 0 Å². The molecular formula is C15H25NO2. The smallest absolute Gasteiger partial charge is 0.120 e.